The highest BCUT2D eigenvalue weighted by Crippen LogP contribution is 2.28. The number of hydrogen-bond donors (Lipinski definition) is 1. The first-order valence-electron chi connectivity index (χ1n) is 10.4. The highest BCUT2D eigenvalue weighted by molar-refractivity contribution is 5.94. The molecule has 1 aliphatic carbocycles. The van der Waals surface area contributed by atoms with Crippen LogP contribution in [0.25, 0.3) is 11.0 Å². The smallest absolute Gasteiger partial charge is 0.251 e. The summed E-state index contributed by atoms with van der Waals surface area (Å²) in [4.78, 5) is 21.4. The first-order valence-corrected chi connectivity index (χ1v) is 10.4. The minimum atomic E-state index is -0.167. The van der Waals surface area contributed by atoms with Crippen LogP contribution in [-0.2, 0) is 6.54 Å². The van der Waals surface area contributed by atoms with Gasteiger partial charge in [-0.25, -0.2) is 4.98 Å². The van der Waals surface area contributed by atoms with Crippen LogP contribution in [0.1, 0.15) is 67.7 Å². The number of aromatic nitrogens is 3. The Labute approximate surface area is 166 Å². The maximum Gasteiger partial charge on any atom is 0.251 e. The summed E-state index contributed by atoms with van der Waals surface area (Å²) >= 11 is 0. The number of carbonyl (C=O) groups excluding carboxylic acids is 1. The second-order valence-corrected chi connectivity index (χ2v) is 7.83. The first-order chi connectivity index (χ1) is 13.7. The molecule has 4 rings (SSSR count). The minimum absolute atomic E-state index is 0.0965. The minimum Gasteiger partial charge on any atom is -0.342 e. The largest absolute Gasteiger partial charge is 0.342 e. The Kier molecular flexibility index (Phi) is 5.70. The lowest BCUT2D eigenvalue weighted by molar-refractivity contribution is 0.0937. The van der Waals surface area contributed by atoms with E-state index >= 15 is 0 Å². The van der Waals surface area contributed by atoms with Gasteiger partial charge in [0.25, 0.3) is 5.91 Å². The summed E-state index contributed by atoms with van der Waals surface area (Å²) in [6.45, 7) is 2.97. The molecule has 5 heteroatoms. The number of fused-ring (bicyclic) bond motifs is 1. The maximum absolute atomic E-state index is 12.6. The number of benzene rings is 1. The fourth-order valence-corrected chi connectivity index (χ4v) is 4.30. The normalized spacial score (nSPS) is 16.2. The van der Waals surface area contributed by atoms with E-state index < -0.39 is 0 Å². The van der Waals surface area contributed by atoms with Gasteiger partial charge >= 0.3 is 0 Å². The predicted molar refractivity (Wildman–Crippen MR) is 111 cm³/mol. The Morgan fingerprint density at radius 3 is 2.68 bits per heavy atom. The standard InChI is InChI=1S/C23H28N4O/c1-17(25-23(28)19-11-14-24-15-12-19)22-26-20-9-5-6-10-21(20)27(22)16-13-18-7-3-2-4-8-18/h5-6,9-12,14-15,17-18H,2-4,7-8,13,16H2,1H3,(H,25,28). The summed E-state index contributed by atoms with van der Waals surface area (Å²) in [5, 5.41) is 3.10. The third kappa shape index (κ3) is 4.08. The van der Waals surface area contributed by atoms with Crippen LogP contribution in [0.5, 0.6) is 0 Å². The van der Waals surface area contributed by atoms with E-state index in [9.17, 15) is 4.79 Å². The van der Waals surface area contributed by atoms with Gasteiger partial charge in [0.2, 0.25) is 0 Å². The lowest BCUT2D eigenvalue weighted by Gasteiger charge is -2.23. The van der Waals surface area contributed by atoms with Gasteiger partial charge in [0.05, 0.1) is 17.1 Å². The van der Waals surface area contributed by atoms with E-state index in [0.717, 1.165) is 29.3 Å². The van der Waals surface area contributed by atoms with Crippen LogP contribution in [0.4, 0.5) is 0 Å². The summed E-state index contributed by atoms with van der Waals surface area (Å²) in [6.07, 6.45) is 11.2. The van der Waals surface area contributed by atoms with E-state index in [0.29, 0.717) is 5.56 Å². The molecule has 3 aromatic rings. The Hall–Kier alpha value is -2.69. The SMILES string of the molecule is CC(NC(=O)c1ccncc1)c1nc2ccccc2n1CCC1CCCCC1. The molecule has 5 nitrogen and oxygen atoms in total. The second kappa shape index (κ2) is 8.55. The van der Waals surface area contributed by atoms with Crippen LogP contribution in [0.3, 0.4) is 0 Å². The van der Waals surface area contributed by atoms with Crippen molar-refractivity contribution in [2.24, 2.45) is 5.92 Å². The molecule has 0 aliphatic heterocycles. The molecule has 1 fully saturated rings. The van der Waals surface area contributed by atoms with E-state index in [1.807, 2.05) is 19.1 Å². The van der Waals surface area contributed by atoms with E-state index in [2.05, 4.69) is 27.0 Å². The third-order valence-corrected chi connectivity index (χ3v) is 5.85. The first kappa shape index (κ1) is 18.7. The van der Waals surface area contributed by atoms with Gasteiger partial charge in [-0.05, 0) is 43.5 Å². The quantitative estimate of drug-likeness (QED) is 0.666. The molecule has 1 aliphatic rings. The van der Waals surface area contributed by atoms with Crippen LogP contribution in [-0.4, -0.2) is 20.4 Å². The molecule has 2 heterocycles. The molecule has 1 unspecified atom stereocenters. The maximum atomic E-state index is 12.6. The number of imidazole rings is 1. The van der Waals surface area contributed by atoms with Gasteiger partial charge in [-0.15, -0.1) is 0 Å². The number of pyridine rings is 1. The van der Waals surface area contributed by atoms with Crippen LogP contribution in [0.15, 0.2) is 48.8 Å². The molecule has 0 saturated heterocycles. The zero-order valence-electron chi connectivity index (χ0n) is 16.5. The van der Waals surface area contributed by atoms with E-state index in [1.54, 1.807) is 24.5 Å². The van der Waals surface area contributed by atoms with Gasteiger partial charge < -0.3 is 9.88 Å². The molecule has 0 radical (unpaired) electrons. The Balaban J connectivity index is 1.55. The third-order valence-electron chi connectivity index (χ3n) is 5.85. The zero-order chi connectivity index (χ0) is 19.3. The number of nitrogens with zero attached hydrogens (tertiary/aromatic N) is 3. The van der Waals surface area contributed by atoms with Crippen molar-refractivity contribution >= 4 is 16.9 Å². The lowest BCUT2D eigenvalue weighted by Crippen LogP contribution is -2.29. The van der Waals surface area contributed by atoms with Crippen molar-refractivity contribution < 1.29 is 4.79 Å². The summed E-state index contributed by atoms with van der Waals surface area (Å²) in [5.74, 6) is 1.64. The van der Waals surface area contributed by atoms with Crippen LogP contribution in [0, 0.1) is 5.92 Å². The number of rotatable bonds is 6. The summed E-state index contributed by atoms with van der Waals surface area (Å²) in [6, 6.07) is 11.6. The van der Waals surface area contributed by atoms with Crippen LogP contribution < -0.4 is 5.32 Å². The lowest BCUT2D eigenvalue weighted by atomic mass is 9.87. The van der Waals surface area contributed by atoms with Gasteiger partial charge in [-0.3, -0.25) is 9.78 Å². The fraction of sp³-hybridized carbons (Fsp3) is 0.435. The molecule has 0 bridgehead atoms. The molecule has 146 valence electrons. The van der Waals surface area contributed by atoms with Crippen LogP contribution >= 0.6 is 0 Å². The number of carbonyl (C=O) groups is 1. The van der Waals surface area contributed by atoms with E-state index in [4.69, 9.17) is 4.98 Å². The van der Waals surface area contributed by atoms with Gasteiger partial charge in [-0.1, -0.05) is 44.2 Å². The average molecular weight is 377 g/mol. The molecule has 1 amide bonds. The molecule has 1 saturated carbocycles. The Morgan fingerprint density at radius 2 is 1.89 bits per heavy atom. The van der Waals surface area contributed by atoms with Gasteiger partial charge in [0.15, 0.2) is 0 Å². The molecular weight excluding hydrogens is 348 g/mol. The van der Waals surface area contributed by atoms with Crippen molar-refractivity contribution in [1.82, 2.24) is 19.9 Å². The highest BCUT2D eigenvalue weighted by Gasteiger charge is 2.20. The Bertz CT molecular complexity index is 928. The van der Waals surface area contributed by atoms with Crippen molar-refractivity contribution in [3.05, 3.63) is 60.2 Å². The monoisotopic (exact) mass is 376 g/mol. The molecule has 1 aromatic carbocycles. The van der Waals surface area contributed by atoms with Gasteiger partial charge in [0.1, 0.15) is 5.82 Å². The zero-order valence-corrected chi connectivity index (χ0v) is 16.5. The molecule has 28 heavy (non-hydrogen) atoms. The van der Waals surface area contributed by atoms with Gasteiger partial charge in [-0.2, -0.15) is 0 Å². The summed E-state index contributed by atoms with van der Waals surface area (Å²) < 4.78 is 2.31. The second-order valence-electron chi connectivity index (χ2n) is 7.83. The average Bonchev–Trinajstić information content (AvgIpc) is 3.12. The molecule has 0 spiro atoms. The number of amides is 1. The number of nitrogens with one attached hydrogen (secondary N) is 1. The molecule has 2 aromatic heterocycles. The molecule has 1 atom stereocenters. The summed E-state index contributed by atoms with van der Waals surface area (Å²) in [7, 11) is 0. The topological polar surface area (TPSA) is 59.8 Å². The van der Waals surface area contributed by atoms with Crippen LogP contribution in [0.2, 0.25) is 0 Å². The van der Waals surface area contributed by atoms with Crippen molar-refractivity contribution in [2.75, 3.05) is 0 Å². The van der Waals surface area contributed by atoms with E-state index in [-0.39, 0.29) is 11.9 Å². The van der Waals surface area contributed by atoms with E-state index in [1.165, 1.54) is 38.5 Å². The van der Waals surface area contributed by atoms with Gasteiger partial charge in [0, 0.05) is 24.5 Å². The number of hydrogen-bond acceptors (Lipinski definition) is 3. The number of aryl methyl sites for hydroxylation is 1. The molecule has 1 N–H and O–H groups in total. The van der Waals surface area contributed by atoms with Crippen molar-refractivity contribution in [3.8, 4) is 0 Å². The molecular formula is C23H28N4O. The number of para-hydroxylation sites is 2. The summed E-state index contributed by atoms with van der Waals surface area (Å²) in [5.41, 5.74) is 2.76. The van der Waals surface area contributed by atoms with Crippen molar-refractivity contribution in [1.29, 1.82) is 0 Å². The van der Waals surface area contributed by atoms with Crippen molar-refractivity contribution in [2.45, 2.75) is 58.0 Å². The highest BCUT2D eigenvalue weighted by atomic mass is 16.1. The Morgan fingerprint density at radius 1 is 1.14 bits per heavy atom. The predicted octanol–water partition coefficient (Wildman–Crippen LogP) is 4.89. The fourth-order valence-electron chi connectivity index (χ4n) is 4.30. The van der Waals surface area contributed by atoms with Crippen molar-refractivity contribution in [3.63, 3.8) is 0 Å².